The van der Waals surface area contributed by atoms with E-state index < -0.39 is 40.8 Å². The second-order valence-corrected chi connectivity index (χ2v) is 4.38. The maximum absolute atomic E-state index is 13.2. The largest absolute Gasteiger partial charge is 0.416 e. The van der Waals surface area contributed by atoms with Gasteiger partial charge in [-0.2, -0.15) is 13.2 Å². The van der Waals surface area contributed by atoms with Gasteiger partial charge in [0.25, 0.3) is 0 Å². The quantitative estimate of drug-likeness (QED) is 0.828. The molecule has 0 aromatic heterocycles. The van der Waals surface area contributed by atoms with Crippen LogP contribution in [0.25, 0.3) is 0 Å². The highest BCUT2D eigenvalue weighted by molar-refractivity contribution is 5.39. The number of alkyl halides is 3. The number of rotatable bonds is 2. The summed E-state index contributed by atoms with van der Waals surface area (Å²) in [6, 6.07) is 2.90. The van der Waals surface area contributed by atoms with Crippen LogP contribution in [0.3, 0.4) is 0 Å². The molecule has 1 atom stereocenters. The van der Waals surface area contributed by atoms with Crippen molar-refractivity contribution in [2.24, 2.45) is 5.73 Å². The minimum atomic E-state index is -4.74. The highest BCUT2D eigenvalue weighted by Gasteiger charge is 2.35. The van der Waals surface area contributed by atoms with Crippen LogP contribution < -0.4 is 5.73 Å². The molecule has 0 saturated heterocycles. The Hall–Kier alpha value is -2.02. The minimum Gasteiger partial charge on any atom is -0.320 e. The molecule has 0 bridgehead atoms. The molecular weight excluding hydrogens is 296 g/mol. The van der Waals surface area contributed by atoms with Gasteiger partial charge in [-0.3, -0.25) is 0 Å². The predicted molar refractivity (Wildman–Crippen MR) is 63.8 cm³/mol. The molecule has 0 radical (unpaired) electrons. The van der Waals surface area contributed by atoms with Crippen molar-refractivity contribution in [1.82, 2.24) is 0 Å². The van der Waals surface area contributed by atoms with Crippen LogP contribution in [0.2, 0.25) is 0 Å². The van der Waals surface area contributed by atoms with Crippen molar-refractivity contribution in [2.45, 2.75) is 12.2 Å². The first-order valence-electron chi connectivity index (χ1n) is 5.77. The van der Waals surface area contributed by atoms with Gasteiger partial charge >= 0.3 is 6.18 Å². The number of halogens is 6. The summed E-state index contributed by atoms with van der Waals surface area (Å²) in [5.74, 6) is -3.30. The van der Waals surface area contributed by atoms with E-state index in [1.165, 1.54) is 0 Å². The third-order valence-electron chi connectivity index (χ3n) is 2.96. The van der Waals surface area contributed by atoms with E-state index in [0.29, 0.717) is 24.3 Å². The Kier molecular flexibility index (Phi) is 3.95. The molecule has 0 aliphatic rings. The first kappa shape index (κ1) is 15.4. The van der Waals surface area contributed by atoms with E-state index >= 15 is 0 Å². The predicted octanol–water partition coefficient (Wildman–Crippen LogP) is 4.17. The summed E-state index contributed by atoms with van der Waals surface area (Å²) in [7, 11) is 0. The zero-order chi connectivity index (χ0) is 15.8. The summed E-state index contributed by atoms with van der Waals surface area (Å²) in [5.41, 5.74) is 3.88. The maximum atomic E-state index is 13.2. The van der Waals surface area contributed by atoms with E-state index in [2.05, 4.69) is 0 Å². The van der Waals surface area contributed by atoms with Crippen LogP contribution in [-0.2, 0) is 6.18 Å². The second-order valence-electron chi connectivity index (χ2n) is 4.38. The summed E-state index contributed by atoms with van der Waals surface area (Å²) in [5, 5.41) is 0. The number of nitrogens with two attached hydrogens (primary N) is 1. The van der Waals surface area contributed by atoms with Crippen molar-refractivity contribution in [2.75, 3.05) is 0 Å². The Morgan fingerprint density at radius 2 is 1.52 bits per heavy atom. The highest BCUT2D eigenvalue weighted by atomic mass is 19.4. The molecule has 2 aromatic rings. The smallest absolute Gasteiger partial charge is 0.320 e. The molecule has 2 N–H and O–H groups in total. The van der Waals surface area contributed by atoms with Crippen molar-refractivity contribution < 1.29 is 26.3 Å². The van der Waals surface area contributed by atoms with E-state index in [-0.39, 0.29) is 5.56 Å². The molecule has 2 rings (SSSR count). The van der Waals surface area contributed by atoms with Crippen molar-refractivity contribution in [3.63, 3.8) is 0 Å². The lowest BCUT2D eigenvalue weighted by Crippen LogP contribution is -2.19. The van der Waals surface area contributed by atoms with Gasteiger partial charge in [0.1, 0.15) is 5.82 Å². The zero-order valence-corrected chi connectivity index (χ0v) is 10.4. The van der Waals surface area contributed by atoms with Gasteiger partial charge < -0.3 is 5.73 Å². The van der Waals surface area contributed by atoms with Crippen molar-refractivity contribution in [1.29, 1.82) is 0 Å². The third-order valence-corrected chi connectivity index (χ3v) is 2.96. The number of benzene rings is 2. The molecule has 1 unspecified atom stereocenters. The molecule has 0 aliphatic heterocycles. The van der Waals surface area contributed by atoms with Crippen LogP contribution in [0.1, 0.15) is 22.7 Å². The topological polar surface area (TPSA) is 26.0 Å². The Morgan fingerprint density at radius 1 is 0.857 bits per heavy atom. The van der Waals surface area contributed by atoms with E-state index in [1.807, 2.05) is 0 Å². The van der Waals surface area contributed by atoms with Crippen LogP contribution in [0.5, 0.6) is 0 Å². The summed E-state index contributed by atoms with van der Waals surface area (Å²) in [6.07, 6.45) is -4.74. The van der Waals surface area contributed by atoms with Gasteiger partial charge in [-0.05, 0) is 41.5 Å². The molecule has 0 spiro atoms. The fourth-order valence-corrected chi connectivity index (χ4v) is 1.93. The van der Waals surface area contributed by atoms with E-state index in [4.69, 9.17) is 5.73 Å². The van der Waals surface area contributed by atoms with Crippen molar-refractivity contribution in [3.8, 4) is 0 Å². The first-order chi connectivity index (χ1) is 9.70. The van der Waals surface area contributed by atoms with Gasteiger partial charge in [0.05, 0.1) is 11.6 Å². The van der Waals surface area contributed by atoms with Gasteiger partial charge in [0, 0.05) is 0 Å². The van der Waals surface area contributed by atoms with Crippen LogP contribution in [0.15, 0.2) is 36.4 Å². The molecule has 1 nitrogen and oxygen atoms in total. The summed E-state index contributed by atoms with van der Waals surface area (Å²) in [4.78, 5) is 0. The Morgan fingerprint density at radius 3 is 2.10 bits per heavy atom. The lowest BCUT2D eigenvalue weighted by atomic mass is 9.94. The average molecular weight is 305 g/mol. The van der Waals surface area contributed by atoms with Crippen molar-refractivity contribution in [3.05, 3.63) is 70.5 Å². The minimum absolute atomic E-state index is 0.0926. The molecule has 2 aromatic carbocycles. The molecule has 7 heteroatoms. The fraction of sp³-hybridized carbons (Fsp3) is 0.143. The molecular formula is C14H9F6N. The van der Waals surface area contributed by atoms with Crippen LogP contribution >= 0.6 is 0 Å². The lowest BCUT2D eigenvalue weighted by Gasteiger charge is -2.19. The van der Waals surface area contributed by atoms with Crippen molar-refractivity contribution >= 4 is 0 Å². The Labute approximate surface area is 116 Å². The Bertz CT molecular complexity index is 665. The molecule has 0 aliphatic carbocycles. The third kappa shape index (κ3) is 3.18. The number of hydrogen-bond donors (Lipinski definition) is 1. The van der Waals surface area contributed by atoms with Gasteiger partial charge in [-0.15, -0.1) is 0 Å². The van der Waals surface area contributed by atoms with Crippen LogP contribution in [0, 0.1) is 17.5 Å². The Balaban J connectivity index is 2.54. The molecule has 112 valence electrons. The van der Waals surface area contributed by atoms with E-state index in [1.54, 1.807) is 0 Å². The molecule has 0 amide bonds. The fourth-order valence-electron chi connectivity index (χ4n) is 1.93. The normalized spacial score (nSPS) is 13.3. The molecule has 0 heterocycles. The maximum Gasteiger partial charge on any atom is 0.416 e. The molecule has 0 fully saturated rings. The highest BCUT2D eigenvalue weighted by Crippen LogP contribution is 2.36. The number of hydrogen-bond acceptors (Lipinski definition) is 1. The van der Waals surface area contributed by atoms with Gasteiger partial charge in [-0.1, -0.05) is 6.07 Å². The first-order valence-corrected chi connectivity index (χ1v) is 5.77. The lowest BCUT2D eigenvalue weighted by molar-refractivity contribution is -0.138. The standard InChI is InChI=1S/C14H9F6N/c15-8-2-3-10(14(18,19)20)9(6-8)13(21)7-1-4-11(16)12(17)5-7/h1-6,13H,21H2. The van der Waals surface area contributed by atoms with E-state index in [0.717, 1.165) is 12.1 Å². The summed E-state index contributed by atoms with van der Waals surface area (Å²) < 4.78 is 77.8. The van der Waals surface area contributed by atoms with Gasteiger partial charge in [0.15, 0.2) is 11.6 Å². The van der Waals surface area contributed by atoms with E-state index in [9.17, 15) is 26.3 Å². The monoisotopic (exact) mass is 305 g/mol. The molecule has 0 saturated carbocycles. The zero-order valence-electron chi connectivity index (χ0n) is 10.4. The average Bonchev–Trinajstić information content (AvgIpc) is 2.39. The summed E-state index contributed by atoms with van der Waals surface area (Å²) in [6.45, 7) is 0. The summed E-state index contributed by atoms with van der Waals surface area (Å²) >= 11 is 0. The van der Waals surface area contributed by atoms with Crippen LogP contribution in [-0.4, -0.2) is 0 Å². The van der Waals surface area contributed by atoms with Gasteiger partial charge in [-0.25, -0.2) is 13.2 Å². The van der Waals surface area contributed by atoms with Crippen LogP contribution in [0.4, 0.5) is 26.3 Å². The molecule has 21 heavy (non-hydrogen) atoms. The van der Waals surface area contributed by atoms with Gasteiger partial charge in [0.2, 0.25) is 0 Å². The second kappa shape index (κ2) is 5.40. The SMILES string of the molecule is NC(c1ccc(F)c(F)c1)c1cc(F)ccc1C(F)(F)F.